The molecule has 2 N–H and O–H groups in total. The molecule has 1 aliphatic rings. The lowest BCUT2D eigenvalue weighted by atomic mass is 9.72. The molecule has 0 unspecified atom stereocenters. The number of nitrogens with zero attached hydrogens (tertiary/aromatic N) is 3. The van der Waals surface area contributed by atoms with E-state index in [4.69, 9.17) is 21.1 Å². The van der Waals surface area contributed by atoms with Crippen LogP contribution in [0.2, 0.25) is 5.02 Å². The molecule has 0 spiro atoms. The van der Waals surface area contributed by atoms with Gasteiger partial charge in [0.25, 0.3) is 0 Å². The maximum Gasteiger partial charge on any atom is 0.411 e. The van der Waals surface area contributed by atoms with Crippen LogP contribution in [0.4, 0.5) is 10.6 Å². The zero-order chi connectivity index (χ0) is 28.4. The number of methoxy groups -OCH3 is 1. The monoisotopic (exact) mass is 546 g/mol. The number of aromatic nitrogens is 1. The van der Waals surface area contributed by atoms with E-state index in [1.807, 2.05) is 51.9 Å². The standard InChI is InChI=1S/C28H39ClN4O5/c1-16(2)38-27(36)33-23(19-10-9-13-30-25(19)32(6)7)22(21(28(3,4)5)24(33)26(34)35)31-15-17-14-18(29)11-12-20(17)37-8/h9-14,16,21-24,31H,15H2,1-8H3,(H,34,35)/t21-,22-,23-,24-/m1/s1. The van der Waals surface area contributed by atoms with E-state index in [9.17, 15) is 14.7 Å². The highest BCUT2D eigenvalue weighted by Gasteiger charge is 2.59. The van der Waals surface area contributed by atoms with Gasteiger partial charge >= 0.3 is 12.1 Å². The molecule has 1 fully saturated rings. The number of hydrogen-bond acceptors (Lipinski definition) is 7. The summed E-state index contributed by atoms with van der Waals surface area (Å²) < 4.78 is 11.2. The molecular formula is C28H39ClN4O5. The Morgan fingerprint density at radius 2 is 1.92 bits per heavy atom. The van der Waals surface area contributed by atoms with Crippen LogP contribution in [0.5, 0.6) is 5.75 Å². The second kappa shape index (κ2) is 11.8. The maximum absolute atomic E-state index is 13.6. The lowest BCUT2D eigenvalue weighted by Crippen LogP contribution is -2.48. The molecule has 2 aromatic rings. The van der Waals surface area contributed by atoms with Crippen LogP contribution in [0.1, 0.15) is 51.8 Å². The van der Waals surface area contributed by atoms with Crippen molar-refractivity contribution in [3.8, 4) is 5.75 Å². The Balaban J connectivity index is 2.23. The van der Waals surface area contributed by atoms with Crippen LogP contribution in [0.15, 0.2) is 36.5 Å². The Hall–Kier alpha value is -3.04. The highest BCUT2D eigenvalue weighted by Crippen LogP contribution is 2.49. The van der Waals surface area contributed by atoms with E-state index in [0.717, 1.165) is 11.1 Å². The summed E-state index contributed by atoms with van der Waals surface area (Å²) in [7, 11) is 5.33. The third-order valence-electron chi connectivity index (χ3n) is 6.80. The van der Waals surface area contributed by atoms with Gasteiger partial charge in [0.05, 0.1) is 19.3 Å². The van der Waals surface area contributed by atoms with Crippen LogP contribution in [-0.2, 0) is 16.1 Å². The van der Waals surface area contributed by atoms with Gasteiger partial charge in [-0.15, -0.1) is 0 Å². The molecule has 4 atom stereocenters. The van der Waals surface area contributed by atoms with Gasteiger partial charge in [0.1, 0.15) is 17.6 Å². The van der Waals surface area contributed by atoms with Crippen LogP contribution in [-0.4, -0.2) is 66.4 Å². The molecule has 1 saturated heterocycles. The fourth-order valence-corrected chi connectivity index (χ4v) is 5.59. The summed E-state index contributed by atoms with van der Waals surface area (Å²) in [6.07, 6.45) is 0.584. The molecule has 38 heavy (non-hydrogen) atoms. The van der Waals surface area contributed by atoms with E-state index in [-0.39, 0.29) is 0 Å². The average molecular weight is 547 g/mol. The SMILES string of the molecule is COc1ccc(Cl)cc1CN[C@@H]1[C@@H](C(C)(C)C)[C@H](C(=O)O)N(C(=O)OC(C)C)[C@@H]1c1cccnc1N(C)C. The van der Waals surface area contributed by atoms with Gasteiger partial charge in [0.15, 0.2) is 0 Å². The van der Waals surface area contributed by atoms with Gasteiger partial charge < -0.3 is 24.8 Å². The minimum absolute atomic E-state index is 0.342. The van der Waals surface area contributed by atoms with Gasteiger partial charge in [-0.05, 0) is 43.5 Å². The Morgan fingerprint density at radius 3 is 2.47 bits per heavy atom. The highest BCUT2D eigenvalue weighted by atomic mass is 35.5. The van der Waals surface area contributed by atoms with Gasteiger partial charge in [0.2, 0.25) is 0 Å². The number of likely N-dealkylation sites (tertiary alicyclic amines) is 1. The number of halogens is 1. The molecule has 2 heterocycles. The molecule has 1 amide bonds. The summed E-state index contributed by atoms with van der Waals surface area (Å²) in [4.78, 5) is 34.3. The number of aliphatic carboxylic acids is 1. The molecule has 1 aromatic heterocycles. The van der Waals surface area contributed by atoms with Crippen LogP contribution in [0, 0.1) is 11.3 Å². The Morgan fingerprint density at radius 1 is 1.24 bits per heavy atom. The number of carboxylic acids is 1. The van der Waals surface area contributed by atoms with Gasteiger partial charge in [-0.3, -0.25) is 4.90 Å². The number of nitrogens with one attached hydrogen (secondary N) is 1. The predicted molar refractivity (Wildman–Crippen MR) is 148 cm³/mol. The van der Waals surface area contributed by atoms with Gasteiger partial charge in [-0.1, -0.05) is 38.4 Å². The predicted octanol–water partition coefficient (Wildman–Crippen LogP) is 4.99. The lowest BCUT2D eigenvalue weighted by Gasteiger charge is -2.35. The molecule has 0 bridgehead atoms. The summed E-state index contributed by atoms with van der Waals surface area (Å²) in [5, 5.41) is 14.7. The fraction of sp³-hybridized carbons (Fsp3) is 0.536. The first-order chi connectivity index (χ1) is 17.8. The number of carbonyl (C=O) groups excluding carboxylic acids is 1. The average Bonchev–Trinajstić information content (AvgIpc) is 3.18. The van der Waals surface area contributed by atoms with Crippen LogP contribution in [0.3, 0.4) is 0 Å². The summed E-state index contributed by atoms with van der Waals surface area (Å²) in [5.41, 5.74) is 1.05. The van der Waals surface area contributed by atoms with E-state index in [0.29, 0.717) is 23.1 Å². The van der Waals surface area contributed by atoms with E-state index >= 15 is 0 Å². The molecule has 3 rings (SSSR count). The first-order valence-electron chi connectivity index (χ1n) is 12.7. The largest absolute Gasteiger partial charge is 0.496 e. The van der Waals surface area contributed by atoms with Crippen LogP contribution in [0.25, 0.3) is 0 Å². The number of benzene rings is 1. The first-order valence-corrected chi connectivity index (χ1v) is 13.1. The van der Waals surface area contributed by atoms with Crippen molar-refractivity contribution in [3.05, 3.63) is 52.7 Å². The van der Waals surface area contributed by atoms with E-state index in [1.165, 1.54) is 4.90 Å². The number of hydrogen-bond donors (Lipinski definition) is 2. The molecule has 1 aromatic carbocycles. The quantitative estimate of drug-likeness (QED) is 0.477. The van der Waals surface area contributed by atoms with Crippen LogP contribution < -0.4 is 15.0 Å². The number of carbonyl (C=O) groups is 2. The molecule has 0 saturated carbocycles. The number of pyridine rings is 1. The second-order valence-electron chi connectivity index (χ2n) is 11.1. The fourth-order valence-electron chi connectivity index (χ4n) is 5.40. The molecular weight excluding hydrogens is 508 g/mol. The van der Waals surface area contributed by atoms with E-state index in [2.05, 4.69) is 10.3 Å². The van der Waals surface area contributed by atoms with Crippen molar-refractivity contribution in [2.24, 2.45) is 11.3 Å². The van der Waals surface area contributed by atoms with Crippen molar-refractivity contribution in [2.45, 2.75) is 65.4 Å². The molecule has 1 aliphatic heterocycles. The minimum Gasteiger partial charge on any atom is -0.496 e. The van der Waals surface area contributed by atoms with Crippen molar-refractivity contribution >= 4 is 29.5 Å². The zero-order valence-corrected chi connectivity index (χ0v) is 24.1. The summed E-state index contributed by atoms with van der Waals surface area (Å²) in [6, 6.07) is 6.77. The summed E-state index contributed by atoms with van der Waals surface area (Å²) in [5.74, 6) is -0.267. The number of ether oxygens (including phenoxy) is 2. The van der Waals surface area contributed by atoms with Crippen molar-refractivity contribution in [1.29, 1.82) is 0 Å². The number of carboxylic acid groups (broad SMARTS) is 1. The Bertz CT molecular complexity index is 1150. The van der Waals surface area contributed by atoms with Crippen molar-refractivity contribution in [1.82, 2.24) is 15.2 Å². The number of anilines is 1. The zero-order valence-electron chi connectivity index (χ0n) is 23.4. The Kier molecular flexibility index (Phi) is 9.15. The summed E-state index contributed by atoms with van der Waals surface area (Å²) >= 11 is 6.28. The van der Waals surface area contributed by atoms with E-state index in [1.54, 1.807) is 45.4 Å². The van der Waals surface area contributed by atoms with E-state index < -0.39 is 47.6 Å². The highest BCUT2D eigenvalue weighted by molar-refractivity contribution is 6.30. The minimum atomic E-state index is -1.14. The smallest absolute Gasteiger partial charge is 0.411 e. The molecule has 208 valence electrons. The second-order valence-corrected chi connectivity index (χ2v) is 11.6. The molecule has 0 aliphatic carbocycles. The third-order valence-corrected chi connectivity index (χ3v) is 7.03. The lowest BCUT2D eigenvalue weighted by molar-refractivity contribution is -0.144. The molecule has 10 heteroatoms. The maximum atomic E-state index is 13.6. The normalized spacial score (nSPS) is 21.5. The number of amides is 1. The van der Waals surface area contributed by atoms with Crippen molar-refractivity contribution in [2.75, 3.05) is 26.1 Å². The topological polar surface area (TPSA) is 104 Å². The Labute approximate surface area is 230 Å². The van der Waals surface area contributed by atoms with Crippen molar-refractivity contribution < 1.29 is 24.2 Å². The van der Waals surface area contributed by atoms with Gasteiger partial charge in [0, 0.05) is 54.9 Å². The van der Waals surface area contributed by atoms with Gasteiger partial charge in [-0.25, -0.2) is 14.6 Å². The molecule has 9 nitrogen and oxygen atoms in total. The first kappa shape index (κ1) is 29.5. The van der Waals surface area contributed by atoms with Crippen LogP contribution >= 0.6 is 11.6 Å². The van der Waals surface area contributed by atoms with Crippen molar-refractivity contribution in [3.63, 3.8) is 0 Å². The summed E-state index contributed by atoms with van der Waals surface area (Å²) in [6.45, 7) is 9.81. The van der Waals surface area contributed by atoms with Gasteiger partial charge in [-0.2, -0.15) is 0 Å². The third kappa shape index (κ3) is 6.15. The molecule has 0 radical (unpaired) electrons. The number of rotatable bonds is 8.